The van der Waals surface area contributed by atoms with Crippen molar-refractivity contribution in [1.82, 2.24) is 10.5 Å². The lowest BCUT2D eigenvalue weighted by atomic mass is 10.2. The monoisotopic (exact) mass is 264 g/mol. The van der Waals surface area contributed by atoms with Crippen LogP contribution >= 0.6 is 11.3 Å². The summed E-state index contributed by atoms with van der Waals surface area (Å²) in [6.45, 7) is 2.46. The zero-order valence-corrected chi connectivity index (χ0v) is 11.1. The first kappa shape index (κ1) is 12.8. The number of rotatable bonds is 6. The van der Waals surface area contributed by atoms with Crippen molar-refractivity contribution >= 4 is 17.2 Å². The van der Waals surface area contributed by atoms with Crippen LogP contribution < -0.4 is 5.32 Å². The normalized spacial score (nSPS) is 10.5. The highest BCUT2D eigenvalue weighted by molar-refractivity contribution is 7.09. The van der Waals surface area contributed by atoms with E-state index in [0.717, 1.165) is 17.9 Å². The van der Waals surface area contributed by atoms with E-state index in [1.54, 1.807) is 11.3 Å². The van der Waals surface area contributed by atoms with Gasteiger partial charge in [-0.2, -0.15) is 0 Å². The summed E-state index contributed by atoms with van der Waals surface area (Å²) in [4.78, 5) is 12.8. The van der Waals surface area contributed by atoms with Gasteiger partial charge in [-0.1, -0.05) is 11.2 Å². The van der Waals surface area contributed by atoms with Crippen LogP contribution in [0.15, 0.2) is 28.1 Å². The van der Waals surface area contributed by atoms with Gasteiger partial charge in [-0.3, -0.25) is 4.79 Å². The second-order valence-electron chi connectivity index (χ2n) is 4.11. The number of carbonyl (C=O) groups is 1. The molecule has 0 unspecified atom stereocenters. The second kappa shape index (κ2) is 6.35. The van der Waals surface area contributed by atoms with E-state index in [1.165, 1.54) is 4.88 Å². The summed E-state index contributed by atoms with van der Waals surface area (Å²) in [5.74, 6) is 0.887. The van der Waals surface area contributed by atoms with Crippen LogP contribution in [0, 0.1) is 6.92 Å². The number of amides is 1. The van der Waals surface area contributed by atoms with E-state index < -0.39 is 0 Å². The Kier molecular flexibility index (Phi) is 4.52. The van der Waals surface area contributed by atoms with Crippen molar-refractivity contribution in [2.24, 2.45) is 0 Å². The standard InChI is InChI=1S/C13H16N2O2S/c1-10-9-11(15-17-10)6-7-14-13(16)5-4-12-3-2-8-18-12/h2-3,8-9H,4-7H2,1H3,(H,14,16). The molecule has 0 aliphatic rings. The third-order valence-electron chi connectivity index (χ3n) is 2.56. The molecule has 2 aromatic rings. The van der Waals surface area contributed by atoms with E-state index in [0.29, 0.717) is 19.4 Å². The fourth-order valence-electron chi connectivity index (χ4n) is 1.65. The highest BCUT2D eigenvalue weighted by atomic mass is 32.1. The number of hydrogen-bond acceptors (Lipinski definition) is 4. The Hall–Kier alpha value is -1.62. The Morgan fingerprint density at radius 2 is 2.39 bits per heavy atom. The van der Waals surface area contributed by atoms with Gasteiger partial charge in [-0.25, -0.2) is 0 Å². The number of thiophene rings is 1. The maximum Gasteiger partial charge on any atom is 0.220 e. The van der Waals surface area contributed by atoms with Gasteiger partial charge in [0.05, 0.1) is 5.69 Å². The van der Waals surface area contributed by atoms with Crippen LogP contribution in [0.4, 0.5) is 0 Å². The van der Waals surface area contributed by atoms with Gasteiger partial charge in [-0.15, -0.1) is 11.3 Å². The molecular weight excluding hydrogens is 248 g/mol. The fraction of sp³-hybridized carbons (Fsp3) is 0.385. The lowest BCUT2D eigenvalue weighted by molar-refractivity contribution is -0.121. The predicted molar refractivity (Wildman–Crippen MR) is 70.6 cm³/mol. The molecule has 0 fully saturated rings. The van der Waals surface area contributed by atoms with Crippen LogP contribution in [0.3, 0.4) is 0 Å². The Morgan fingerprint density at radius 1 is 1.50 bits per heavy atom. The zero-order chi connectivity index (χ0) is 12.8. The maximum atomic E-state index is 11.6. The summed E-state index contributed by atoms with van der Waals surface area (Å²) in [5, 5.41) is 8.79. The first-order valence-electron chi connectivity index (χ1n) is 5.95. The van der Waals surface area contributed by atoms with E-state index in [9.17, 15) is 4.79 Å². The number of aromatic nitrogens is 1. The molecule has 1 amide bonds. The molecule has 96 valence electrons. The van der Waals surface area contributed by atoms with Crippen molar-refractivity contribution in [1.29, 1.82) is 0 Å². The van der Waals surface area contributed by atoms with E-state index in [-0.39, 0.29) is 5.91 Å². The molecule has 0 bridgehead atoms. The minimum Gasteiger partial charge on any atom is -0.361 e. The Morgan fingerprint density at radius 3 is 3.06 bits per heavy atom. The quantitative estimate of drug-likeness (QED) is 0.871. The molecule has 0 saturated heterocycles. The number of carbonyl (C=O) groups excluding carboxylic acids is 1. The largest absolute Gasteiger partial charge is 0.361 e. The summed E-state index contributed by atoms with van der Waals surface area (Å²) < 4.78 is 4.96. The molecular formula is C13H16N2O2S. The molecule has 0 spiro atoms. The number of nitrogens with one attached hydrogen (secondary N) is 1. The molecule has 0 aliphatic heterocycles. The summed E-state index contributed by atoms with van der Waals surface area (Å²) in [6, 6.07) is 5.94. The number of nitrogens with zero attached hydrogens (tertiary/aromatic N) is 1. The third-order valence-corrected chi connectivity index (χ3v) is 3.49. The lowest BCUT2D eigenvalue weighted by Gasteiger charge is -2.02. The fourth-order valence-corrected chi connectivity index (χ4v) is 2.35. The van der Waals surface area contributed by atoms with Crippen molar-refractivity contribution in [2.45, 2.75) is 26.2 Å². The SMILES string of the molecule is Cc1cc(CCNC(=O)CCc2cccs2)no1. The van der Waals surface area contributed by atoms with Crippen LogP contribution in [-0.2, 0) is 17.6 Å². The molecule has 0 aromatic carbocycles. The summed E-state index contributed by atoms with van der Waals surface area (Å²) in [5.41, 5.74) is 0.881. The molecule has 4 nitrogen and oxygen atoms in total. The van der Waals surface area contributed by atoms with Gasteiger partial charge in [0.2, 0.25) is 5.91 Å². The summed E-state index contributed by atoms with van der Waals surface area (Å²) in [7, 11) is 0. The van der Waals surface area contributed by atoms with Crippen molar-refractivity contribution < 1.29 is 9.32 Å². The van der Waals surface area contributed by atoms with Crippen molar-refractivity contribution in [3.05, 3.63) is 39.9 Å². The van der Waals surface area contributed by atoms with Crippen molar-refractivity contribution in [3.63, 3.8) is 0 Å². The molecule has 0 radical (unpaired) electrons. The molecule has 0 saturated carbocycles. The zero-order valence-electron chi connectivity index (χ0n) is 10.3. The molecule has 18 heavy (non-hydrogen) atoms. The summed E-state index contributed by atoms with van der Waals surface area (Å²) in [6.07, 6.45) is 2.06. The minimum absolute atomic E-state index is 0.0867. The summed E-state index contributed by atoms with van der Waals surface area (Å²) >= 11 is 1.69. The van der Waals surface area contributed by atoms with E-state index >= 15 is 0 Å². The number of hydrogen-bond donors (Lipinski definition) is 1. The second-order valence-corrected chi connectivity index (χ2v) is 5.14. The molecule has 2 heterocycles. The lowest BCUT2D eigenvalue weighted by Crippen LogP contribution is -2.25. The van der Waals surface area contributed by atoms with Gasteiger partial charge in [0.25, 0.3) is 0 Å². The topological polar surface area (TPSA) is 55.1 Å². The Labute approximate surface area is 110 Å². The van der Waals surface area contributed by atoms with E-state index in [2.05, 4.69) is 16.5 Å². The maximum absolute atomic E-state index is 11.6. The van der Waals surface area contributed by atoms with E-state index in [4.69, 9.17) is 4.52 Å². The highest BCUT2D eigenvalue weighted by Gasteiger charge is 2.04. The smallest absolute Gasteiger partial charge is 0.220 e. The Balaban J connectivity index is 1.63. The van der Waals surface area contributed by atoms with Gasteiger partial charge in [0.15, 0.2) is 0 Å². The minimum atomic E-state index is 0.0867. The van der Waals surface area contributed by atoms with Crippen LogP contribution in [0.25, 0.3) is 0 Å². The molecule has 1 N–H and O–H groups in total. The molecule has 0 atom stereocenters. The van der Waals surface area contributed by atoms with Gasteiger partial charge >= 0.3 is 0 Å². The first-order chi connectivity index (χ1) is 8.74. The average molecular weight is 264 g/mol. The molecule has 5 heteroatoms. The van der Waals surface area contributed by atoms with Crippen molar-refractivity contribution in [2.75, 3.05) is 6.54 Å². The predicted octanol–water partition coefficient (Wildman–Crippen LogP) is 2.34. The van der Waals surface area contributed by atoms with E-state index in [1.807, 2.05) is 24.4 Å². The van der Waals surface area contributed by atoms with Crippen LogP contribution in [0.1, 0.15) is 22.8 Å². The van der Waals surface area contributed by atoms with Crippen LogP contribution in [0.2, 0.25) is 0 Å². The molecule has 2 rings (SSSR count). The van der Waals surface area contributed by atoms with Crippen LogP contribution in [-0.4, -0.2) is 17.6 Å². The molecule has 2 aromatic heterocycles. The third kappa shape index (κ3) is 4.00. The first-order valence-corrected chi connectivity index (χ1v) is 6.83. The van der Waals surface area contributed by atoms with Crippen molar-refractivity contribution in [3.8, 4) is 0 Å². The highest BCUT2D eigenvalue weighted by Crippen LogP contribution is 2.10. The average Bonchev–Trinajstić information content (AvgIpc) is 2.98. The van der Waals surface area contributed by atoms with Gasteiger partial charge in [-0.05, 0) is 24.8 Å². The Bertz CT molecular complexity index is 491. The van der Waals surface area contributed by atoms with Gasteiger partial charge in [0, 0.05) is 30.3 Å². The van der Waals surface area contributed by atoms with Crippen LogP contribution in [0.5, 0.6) is 0 Å². The molecule has 0 aliphatic carbocycles. The van der Waals surface area contributed by atoms with Gasteiger partial charge < -0.3 is 9.84 Å². The van der Waals surface area contributed by atoms with Gasteiger partial charge in [0.1, 0.15) is 5.76 Å². The number of aryl methyl sites for hydroxylation is 2.